The van der Waals surface area contributed by atoms with Gasteiger partial charge in [0.05, 0.1) is 19.7 Å². The summed E-state index contributed by atoms with van der Waals surface area (Å²) in [7, 11) is 1.50. The Kier molecular flexibility index (Phi) is 6.95. The summed E-state index contributed by atoms with van der Waals surface area (Å²) in [6.45, 7) is 4.44. The molecule has 1 aromatic heterocycles. The Bertz CT molecular complexity index is 887. The Hall–Kier alpha value is -2.87. The van der Waals surface area contributed by atoms with Crippen molar-refractivity contribution in [2.45, 2.75) is 33.4 Å². The van der Waals surface area contributed by atoms with E-state index in [1.807, 2.05) is 44.2 Å². The highest BCUT2D eigenvalue weighted by atomic mass is 16.5. The molecule has 8 nitrogen and oxygen atoms in total. The number of benzene rings is 1. The van der Waals surface area contributed by atoms with E-state index in [2.05, 4.69) is 4.98 Å². The average molecular weight is 374 g/mol. The first-order chi connectivity index (χ1) is 12.8. The van der Waals surface area contributed by atoms with Gasteiger partial charge in [0.1, 0.15) is 5.82 Å². The number of hydrogen-bond donors (Lipinski definition) is 2. The summed E-state index contributed by atoms with van der Waals surface area (Å²) in [4.78, 5) is 41.1. The molecule has 0 unspecified atom stereocenters. The molecule has 0 aliphatic rings. The van der Waals surface area contributed by atoms with E-state index in [1.54, 1.807) is 0 Å². The third-order valence-electron chi connectivity index (χ3n) is 4.07. The standard InChI is InChI=1S/C19H26N4O4/c1-13(2)11-15(24)23(12-14-7-5-4-6-8-14)16-17(20)22(9-10-27-3)19(26)21-18(16)25/h4-8,13H,9-12,20H2,1-3H3,(H,21,25,26). The van der Waals surface area contributed by atoms with Gasteiger partial charge in [-0.25, -0.2) is 4.79 Å². The van der Waals surface area contributed by atoms with Gasteiger partial charge in [-0.3, -0.25) is 19.1 Å². The van der Waals surface area contributed by atoms with Crippen LogP contribution in [0.4, 0.5) is 11.5 Å². The number of hydrogen-bond acceptors (Lipinski definition) is 5. The smallest absolute Gasteiger partial charge is 0.330 e. The highest BCUT2D eigenvalue weighted by molar-refractivity contribution is 5.95. The molecule has 0 saturated heterocycles. The minimum absolute atomic E-state index is 0.0137. The second-order valence-corrected chi connectivity index (χ2v) is 6.70. The molecule has 3 N–H and O–H groups in total. The molecule has 0 atom stereocenters. The largest absolute Gasteiger partial charge is 0.383 e. The van der Waals surface area contributed by atoms with Crippen molar-refractivity contribution >= 4 is 17.4 Å². The number of aromatic nitrogens is 2. The maximum absolute atomic E-state index is 12.9. The van der Waals surface area contributed by atoms with Gasteiger partial charge in [-0.2, -0.15) is 0 Å². The Balaban J connectivity index is 2.55. The van der Waals surface area contributed by atoms with Gasteiger partial charge in [-0.1, -0.05) is 44.2 Å². The van der Waals surface area contributed by atoms with E-state index in [4.69, 9.17) is 10.5 Å². The summed E-state index contributed by atoms with van der Waals surface area (Å²) in [6.07, 6.45) is 0.253. The van der Waals surface area contributed by atoms with Crippen molar-refractivity contribution in [2.75, 3.05) is 24.4 Å². The van der Waals surface area contributed by atoms with E-state index >= 15 is 0 Å². The SMILES string of the molecule is COCCn1c(N)c(N(Cc2ccccc2)C(=O)CC(C)C)c(=O)[nH]c1=O. The van der Waals surface area contributed by atoms with Crippen LogP contribution in [0, 0.1) is 5.92 Å². The monoisotopic (exact) mass is 374 g/mol. The van der Waals surface area contributed by atoms with Crippen molar-refractivity contribution in [3.8, 4) is 0 Å². The summed E-state index contributed by atoms with van der Waals surface area (Å²) < 4.78 is 6.20. The Labute approximate surface area is 157 Å². The zero-order chi connectivity index (χ0) is 20.0. The normalized spacial score (nSPS) is 11.0. The molecule has 8 heteroatoms. The van der Waals surface area contributed by atoms with Crippen LogP contribution in [0.1, 0.15) is 25.8 Å². The van der Waals surface area contributed by atoms with Gasteiger partial charge < -0.3 is 15.4 Å². The lowest BCUT2D eigenvalue weighted by atomic mass is 10.1. The first kappa shape index (κ1) is 20.4. The van der Waals surface area contributed by atoms with Crippen molar-refractivity contribution in [1.29, 1.82) is 0 Å². The predicted octanol–water partition coefficient (Wildman–Crippen LogP) is 1.34. The van der Waals surface area contributed by atoms with Crippen LogP contribution in [0.25, 0.3) is 0 Å². The number of H-pyrrole nitrogens is 1. The summed E-state index contributed by atoms with van der Waals surface area (Å²) in [5, 5.41) is 0. The van der Waals surface area contributed by atoms with E-state index < -0.39 is 11.2 Å². The van der Waals surface area contributed by atoms with Gasteiger partial charge in [0.2, 0.25) is 5.91 Å². The molecular formula is C19H26N4O4. The van der Waals surface area contributed by atoms with Gasteiger partial charge in [0.25, 0.3) is 5.56 Å². The number of methoxy groups -OCH3 is 1. The van der Waals surface area contributed by atoms with Crippen LogP contribution >= 0.6 is 0 Å². The van der Waals surface area contributed by atoms with Crippen molar-refractivity contribution in [3.05, 3.63) is 56.7 Å². The number of nitrogen functional groups attached to an aromatic ring is 1. The number of aromatic amines is 1. The molecule has 0 radical (unpaired) electrons. The van der Waals surface area contributed by atoms with Crippen molar-refractivity contribution in [3.63, 3.8) is 0 Å². The maximum atomic E-state index is 12.9. The Morgan fingerprint density at radius 3 is 2.52 bits per heavy atom. The number of carbonyl (C=O) groups excluding carboxylic acids is 1. The summed E-state index contributed by atoms with van der Waals surface area (Å²) >= 11 is 0. The van der Waals surface area contributed by atoms with E-state index in [0.717, 1.165) is 5.56 Å². The fourth-order valence-corrected chi connectivity index (χ4v) is 2.76. The van der Waals surface area contributed by atoms with E-state index in [1.165, 1.54) is 16.6 Å². The number of anilines is 2. The molecule has 2 rings (SSSR count). The molecule has 0 fully saturated rings. The molecule has 0 aliphatic carbocycles. The van der Waals surface area contributed by atoms with Crippen LogP contribution in [0.5, 0.6) is 0 Å². The second-order valence-electron chi connectivity index (χ2n) is 6.70. The fourth-order valence-electron chi connectivity index (χ4n) is 2.76. The lowest BCUT2D eigenvalue weighted by Gasteiger charge is -2.25. The average Bonchev–Trinajstić information content (AvgIpc) is 2.60. The van der Waals surface area contributed by atoms with Gasteiger partial charge >= 0.3 is 5.69 Å². The number of carbonyl (C=O) groups is 1. The fraction of sp³-hybridized carbons (Fsp3) is 0.421. The summed E-state index contributed by atoms with van der Waals surface area (Å²) in [5.41, 5.74) is 5.67. The number of nitrogens with two attached hydrogens (primary N) is 1. The number of nitrogens with zero attached hydrogens (tertiary/aromatic N) is 2. The molecule has 1 amide bonds. The van der Waals surface area contributed by atoms with Gasteiger partial charge in [-0.15, -0.1) is 0 Å². The molecule has 1 heterocycles. The van der Waals surface area contributed by atoms with E-state index in [-0.39, 0.29) is 49.4 Å². The van der Waals surface area contributed by atoms with Crippen LogP contribution in [0.15, 0.2) is 39.9 Å². The Morgan fingerprint density at radius 1 is 1.26 bits per heavy atom. The molecular weight excluding hydrogens is 348 g/mol. The highest BCUT2D eigenvalue weighted by Gasteiger charge is 2.25. The topological polar surface area (TPSA) is 110 Å². The minimum Gasteiger partial charge on any atom is -0.383 e. The van der Waals surface area contributed by atoms with Crippen LogP contribution in [0.2, 0.25) is 0 Å². The number of amides is 1. The van der Waals surface area contributed by atoms with Gasteiger partial charge in [-0.05, 0) is 11.5 Å². The molecule has 27 heavy (non-hydrogen) atoms. The van der Waals surface area contributed by atoms with E-state index in [0.29, 0.717) is 0 Å². The third kappa shape index (κ3) is 5.07. The lowest BCUT2D eigenvalue weighted by molar-refractivity contribution is -0.119. The third-order valence-corrected chi connectivity index (χ3v) is 4.07. The summed E-state index contributed by atoms with van der Waals surface area (Å²) in [5.74, 6) is -0.174. The molecule has 0 aliphatic heterocycles. The van der Waals surface area contributed by atoms with Gasteiger partial charge in [0, 0.05) is 13.5 Å². The molecule has 146 valence electrons. The molecule has 0 spiro atoms. The van der Waals surface area contributed by atoms with Crippen LogP contribution in [-0.2, 0) is 22.6 Å². The molecule has 2 aromatic rings. The summed E-state index contributed by atoms with van der Waals surface area (Å²) in [6, 6.07) is 9.30. The first-order valence-corrected chi connectivity index (χ1v) is 8.81. The Morgan fingerprint density at radius 2 is 1.93 bits per heavy atom. The first-order valence-electron chi connectivity index (χ1n) is 8.81. The zero-order valence-electron chi connectivity index (χ0n) is 15.9. The predicted molar refractivity (Wildman–Crippen MR) is 105 cm³/mol. The quantitative estimate of drug-likeness (QED) is 0.724. The minimum atomic E-state index is -0.681. The van der Waals surface area contributed by atoms with Crippen LogP contribution < -0.4 is 21.9 Å². The van der Waals surface area contributed by atoms with Crippen molar-refractivity contribution in [2.24, 2.45) is 5.92 Å². The van der Waals surface area contributed by atoms with Crippen molar-refractivity contribution < 1.29 is 9.53 Å². The molecule has 0 saturated carbocycles. The highest BCUT2D eigenvalue weighted by Crippen LogP contribution is 2.21. The van der Waals surface area contributed by atoms with Crippen molar-refractivity contribution in [1.82, 2.24) is 9.55 Å². The zero-order valence-corrected chi connectivity index (χ0v) is 15.9. The van der Waals surface area contributed by atoms with Crippen LogP contribution in [-0.4, -0.2) is 29.2 Å². The van der Waals surface area contributed by atoms with Crippen LogP contribution in [0.3, 0.4) is 0 Å². The molecule has 1 aromatic carbocycles. The number of rotatable bonds is 8. The second kappa shape index (κ2) is 9.18. The number of ether oxygens (including phenoxy) is 1. The molecule has 0 bridgehead atoms. The lowest BCUT2D eigenvalue weighted by Crippen LogP contribution is -2.41. The number of nitrogens with one attached hydrogen (secondary N) is 1. The maximum Gasteiger partial charge on any atom is 0.330 e. The van der Waals surface area contributed by atoms with Gasteiger partial charge in [0.15, 0.2) is 5.69 Å². The van der Waals surface area contributed by atoms with E-state index in [9.17, 15) is 14.4 Å².